The van der Waals surface area contributed by atoms with Gasteiger partial charge < -0.3 is 19.9 Å². The Labute approximate surface area is 202 Å². The van der Waals surface area contributed by atoms with E-state index in [1.807, 2.05) is 39.8 Å². The first-order valence-corrected chi connectivity index (χ1v) is 11.6. The lowest BCUT2D eigenvalue weighted by Crippen LogP contribution is -2.50. The van der Waals surface area contributed by atoms with E-state index in [2.05, 4.69) is 25.3 Å². The van der Waals surface area contributed by atoms with E-state index < -0.39 is 5.60 Å². The maximum absolute atomic E-state index is 15.4. The van der Waals surface area contributed by atoms with Gasteiger partial charge in [-0.25, -0.2) is 23.7 Å². The van der Waals surface area contributed by atoms with E-state index in [1.165, 1.54) is 6.07 Å². The molecular formula is C25H28FN7O2. The van der Waals surface area contributed by atoms with Crippen LogP contribution < -0.4 is 10.2 Å². The quantitative estimate of drug-likeness (QED) is 0.464. The van der Waals surface area contributed by atoms with Crippen LogP contribution in [0.3, 0.4) is 0 Å². The number of benzene rings is 1. The van der Waals surface area contributed by atoms with Gasteiger partial charge in [-0.2, -0.15) is 0 Å². The van der Waals surface area contributed by atoms with Gasteiger partial charge in [-0.3, -0.25) is 0 Å². The number of nitrogens with one attached hydrogen (secondary N) is 1. The third kappa shape index (κ3) is 4.68. The number of aryl methyl sites for hydroxylation is 1. The minimum absolute atomic E-state index is 0.318. The molecule has 0 unspecified atom stereocenters. The molecule has 4 heterocycles. The summed E-state index contributed by atoms with van der Waals surface area (Å²) in [7, 11) is 0. The number of pyridine rings is 1. The molecule has 182 valence electrons. The summed E-state index contributed by atoms with van der Waals surface area (Å²) in [5.41, 5.74) is 1.95. The topological polar surface area (TPSA) is 87.9 Å². The number of amides is 1. The van der Waals surface area contributed by atoms with Gasteiger partial charge in [0.05, 0.1) is 5.39 Å². The first-order chi connectivity index (χ1) is 16.7. The second kappa shape index (κ2) is 8.68. The molecule has 0 bridgehead atoms. The summed E-state index contributed by atoms with van der Waals surface area (Å²) in [6.45, 7) is 9.71. The molecule has 0 spiro atoms. The van der Waals surface area contributed by atoms with Gasteiger partial charge in [-0.15, -0.1) is 5.10 Å². The number of imidazole rings is 1. The SMILES string of the molecule is Cc1cc(Nc2nccc3cc(N4CCN(C(=O)OC(C)(C)C)CC4)cc(F)c23)nn2ccnc12. The normalized spacial score (nSPS) is 14.5. The summed E-state index contributed by atoms with van der Waals surface area (Å²) >= 11 is 0. The second-order valence-electron chi connectivity index (χ2n) is 9.67. The Balaban J connectivity index is 1.37. The lowest BCUT2D eigenvalue weighted by atomic mass is 10.1. The monoisotopic (exact) mass is 477 g/mol. The molecule has 5 rings (SSSR count). The summed E-state index contributed by atoms with van der Waals surface area (Å²) in [5, 5.41) is 8.78. The zero-order valence-electron chi connectivity index (χ0n) is 20.2. The number of hydrogen-bond donors (Lipinski definition) is 1. The van der Waals surface area contributed by atoms with Crippen LogP contribution in [0.5, 0.6) is 0 Å². The minimum atomic E-state index is -0.534. The van der Waals surface area contributed by atoms with E-state index in [4.69, 9.17) is 4.74 Å². The molecule has 35 heavy (non-hydrogen) atoms. The summed E-state index contributed by atoms with van der Waals surface area (Å²) in [6.07, 6.45) is 4.78. The molecule has 1 aromatic carbocycles. The molecule has 10 heteroatoms. The fraction of sp³-hybridized carbons (Fsp3) is 0.360. The number of carbonyl (C=O) groups is 1. The van der Waals surface area contributed by atoms with Gasteiger partial charge in [0.1, 0.15) is 17.2 Å². The highest BCUT2D eigenvalue weighted by atomic mass is 19.1. The number of aromatic nitrogens is 4. The average Bonchev–Trinajstić information content (AvgIpc) is 3.27. The molecule has 9 nitrogen and oxygen atoms in total. The summed E-state index contributed by atoms with van der Waals surface area (Å²) < 4.78 is 22.6. The maximum atomic E-state index is 15.4. The first kappa shape index (κ1) is 22.8. The third-order valence-electron chi connectivity index (χ3n) is 5.89. The number of hydrogen-bond acceptors (Lipinski definition) is 7. The predicted octanol–water partition coefficient (Wildman–Crippen LogP) is 4.53. The van der Waals surface area contributed by atoms with Crippen LogP contribution in [0.25, 0.3) is 16.4 Å². The molecule has 3 aromatic heterocycles. The van der Waals surface area contributed by atoms with Crippen molar-refractivity contribution in [3.05, 3.63) is 54.2 Å². The number of rotatable bonds is 3. The molecule has 1 amide bonds. The first-order valence-electron chi connectivity index (χ1n) is 11.6. The Hall–Kier alpha value is -3.95. The zero-order chi connectivity index (χ0) is 24.7. The van der Waals surface area contributed by atoms with Crippen LogP contribution in [0, 0.1) is 12.7 Å². The number of anilines is 3. The van der Waals surface area contributed by atoms with E-state index in [-0.39, 0.29) is 11.9 Å². The van der Waals surface area contributed by atoms with Gasteiger partial charge in [-0.1, -0.05) is 0 Å². The van der Waals surface area contributed by atoms with Crippen molar-refractivity contribution in [2.75, 3.05) is 36.4 Å². The third-order valence-corrected chi connectivity index (χ3v) is 5.89. The summed E-state index contributed by atoms with van der Waals surface area (Å²) in [4.78, 5) is 24.8. The summed E-state index contributed by atoms with van der Waals surface area (Å²) in [6, 6.07) is 7.13. The van der Waals surface area contributed by atoms with Gasteiger partial charge in [-0.05, 0) is 62.9 Å². The molecule has 1 N–H and O–H groups in total. The number of halogens is 1. The Bertz CT molecular complexity index is 1400. The van der Waals surface area contributed by atoms with Crippen molar-refractivity contribution in [3.8, 4) is 0 Å². The molecular weight excluding hydrogens is 449 g/mol. The molecule has 1 aliphatic rings. The molecule has 0 aliphatic carbocycles. The number of piperazine rings is 1. The number of nitrogens with zero attached hydrogens (tertiary/aromatic N) is 6. The van der Waals surface area contributed by atoms with Crippen LogP contribution in [0.4, 0.5) is 26.5 Å². The van der Waals surface area contributed by atoms with Crippen molar-refractivity contribution in [2.24, 2.45) is 0 Å². The fourth-order valence-corrected chi connectivity index (χ4v) is 4.26. The summed E-state index contributed by atoms with van der Waals surface area (Å²) in [5.74, 6) is 0.575. The molecule has 1 saturated heterocycles. The smallest absolute Gasteiger partial charge is 0.410 e. The maximum Gasteiger partial charge on any atom is 0.410 e. The minimum Gasteiger partial charge on any atom is -0.444 e. The Kier molecular flexibility index (Phi) is 5.66. The van der Waals surface area contributed by atoms with Crippen LogP contribution >= 0.6 is 0 Å². The van der Waals surface area contributed by atoms with Crippen molar-refractivity contribution in [2.45, 2.75) is 33.3 Å². The van der Waals surface area contributed by atoms with E-state index in [0.29, 0.717) is 43.2 Å². The highest BCUT2D eigenvalue weighted by Gasteiger charge is 2.26. The van der Waals surface area contributed by atoms with Gasteiger partial charge in [0, 0.05) is 50.5 Å². The highest BCUT2D eigenvalue weighted by molar-refractivity contribution is 5.95. The van der Waals surface area contributed by atoms with Crippen molar-refractivity contribution >= 4 is 39.8 Å². The average molecular weight is 478 g/mol. The molecule has 1 fully saturated rings. The van der Waals surface area contributed by atoms with Crippen LogP contribution in [0.2, 0.25) is 0 Å². The fourth-order valence-electron chi connectivity index (χ4n) is 4.26. The van der Waals surface area contributed by atoms with Crippen LogP contribution in [-0.2, 0) is 4.74 Å². The van der Waals surface area contributed by atoms with Crippen LogP contribution in [0.15, 0.2) is 42.9 Å². The number of fused-ring (bicyclic) bond motifs is 2. The van der Waals surface area contributed by atoms with Gasteiger partial charge in [0.25, 0.3) is 0 Å². The van der Waals surface area contributed by atoms with E-state index in [0.717, 1.165) is 22.3 Å². The van der Waals surface area contributed by atoms with Crippen LogP contribution in [0.1, 0.15) is 26.3 Å². The predicted molar refractivity (Wildman–Crippen MR) is 133 cm³/mol. The van der Waals surface area contributed by atoms with Crippen molar-refractivity contribution in [1.29, 1.82) is 0 Å². The lowest BCUT2D eigenvalue weighted by Gasteiger charge is -2.36. The van der Waals surface area contributed by atoms with Crippen molar-refractivity contribution < 1.29 is 13.9 Å². The van der Waals surface area contributed by atoms with Gasteiger partial charge in [0.2, 0.25) is 0 Å². The zero-order valence-corrected chi connectivity index (χ0v) is 20.2. The van der Waals surface area contributed by atoms with E-state index in [9.17, 15) is 4.79 Å². The molecule has 1 aliphatic heterocycles. The molecule has 0 radical (unpaired) electrons. The lowest BCUT2D eigenvalue weighted by molar-refractivity contribution is 0.0240. The van der Waals surface area contributed by atoms with E-state index in [1.54, 1.807) is 34.1 Å². The van der Waals surface area contributed by atoms with Gasteiger partial charge in [0.15, 0.2) is 11.5 Å². The van der Waals surface area contributed by atoms with Crippen molar-refractivity contribution in [3.63, 3.8) is 0 Å². The number of carbonyl (C=O) groups excluding carboxylic acids is 1. The molecule has 0 atom stereocenters. The van der Waals surface area contributed by atoms with E-state index >= 15 is 4.39 Å². The largest absolute Gasteiger partial charge is 0.444 e. The molecule has 4 aromatic rings. The highest BCUT2D eigenvalue weighted by Crippen LogP contribution is 2.31. The molecule has 0 saturated carbocycles. The number of ether oxygens (including phenoxy) is 1. The standard InChI is InChI=1S/C25H28FN7O2/c1-16-13-20(30-33-8-7-28-23(16)33)29-22-21-17(5-6-27-22)14-18(15-19(21)26)31-9-11-32(12-10-31)24(34)35-25(2,3)4/h5-8,13-15H,9-12H2,1-4H3,(H,27,29,30). The Morgan fingerprint density at radius 2 is 1.86 bits per heavy atom. The Morgan fingerprint density at radius 3 is 2.60 bits per heavy atom. The van der Waals surface area contributed by atoms with Gasteiger partial charge >= 0.3 is 6.09 Å². The van der Waals surface area contributed by atoms with Crippen molar-refractivity contribution in [1.82, 2.24) is 24.5 Å². The van der Waals surface area contributed by atoms with Crippen LogP contribution in [-0.4, -0.2) is 62.4 Å². The second-order valence-corrected chi connectivity index (χ2v) is 9.67. The Morgan fingerprint density at radius 1 is 1.09 bits per heavy atom.